The summed E-state index contributed by atoms with van der Waals surface area (Å²) in [6, 6.07) is 0.720. The van der Waals surface area contributed by atoms with Crippen molar-refractivity contribution in [3.8, 4) is 0 Å². The Morgan fingerprint density at radius 2 is 2.00 bits per heavy atom. The fraction of sp³-hybridized carbons (Fsp3) is 0.867. The summed E-state index contributed by atoms with van der Waals surface area (Å²) in [7, 11) is 0. The third-order valence-electron chi connectivity index (χ3n) is 4.28. The first kappa shape index (κ1) is 15.7. The first-order valence-corrected chi connectivity index (χ1v) is 10.3. The second-order valence-electron chi connectivity index (χ2n) is 6.28. The molecule has 1 aromatic rings. The Labute approximate surface area is 135 Å². The van der Waals surface area contributed by atoms with Crippen LogP contribution in [0, 0.1) is 0 Å². The second-order valence-corrected chi connectivity index (χ2v) is 8.58. The molecule has 118 valence electrons. The van der Waals surface area contributed by atoms with E-state index in [1.54, 1.807) is 0 Å². The third-order valence-corrected chi connectivity index (χ3v) is 6.77. The zero-order valence-electron chi connectivity index (χ0n) is 13.0. The van der Waals surface area contributed by atoms with Crippen LogP contribution in [0.4, 0.5) is 0 Å². The summed E-state index contributed by atoms with van der Waals surface area (Å²) >= 11 is 4.22. The van der Waals surface area contributed by atoms with Crippen LogP contribution in [0.15, 0.2) is 4.52 Å². The molecule has 2 saturated heterocycles. The van der Waals surface area contributed by atoms with E-state index in [1.807, 2.05) is 0 Å². The summed E-state index contributed by atoms with van der Waals surface area (Å²) in [6.45, 7) is 6.54. The second kappa shape index (κ2) is 7.38. The quantitative estimate of drug-likeness (QED) is 0.849. The SMILES string of the molecule is CC(C)c1noc(C2CCCN(C3CSCCSC3)C2)n1. The van der Waals surface area contributed by atoms with Crippen LogP contribution in [0.1, 0.15) is 50.2 Å². The van der Waals surface area contributed by atoms with Crippen molar-refractivity contribution >= 4 is 23.5 Å². The van der Waals surface area contributed by atoms with Crippen LogP contribution in [0.25, 0.3) is 0 Å². The van der Waals surface area contributed by atoms with Gasteiger partial charge in [-0.3, -0.25) is 4.90 Å². The summed E-state index contributed by atoms with van der Waals surface area (Å²) in [5.74, 6) is 7.65. The van der Waals surface area contributed by atoms with Crippen molar-refractivity contribution in [2.45, 2.75) is 44.6 Å². The lowest BCUT2D eigenvalue weighted by molar-refractivity contribution is 0.157. The van der Waals surface area contributed by atoms with Gasteiger partial charge in [-0.2, -0.15) is 28.5 Å². The topological polar surface area (TPSA) is 42.2 Å². The highest BCUT2D eigenvalue weighted by atomic mass is 32.2. The molecule has 1 atom stereocenters. The molecule has 4 nitrogen and oxygen atoms in total. The highest BCUT2D eigenvalue weighted by Gasteiger charge is 2.30. The third kappa shape index (κ3) is 3.96. The number of piperidine rings is 1. The average Bonchev–Trinajstić information content (AvgIpc) is 2.84. The molecule has 2 aliphatic heterocycles. The fourth-order valence-corrected chi connectivity index (χ4v) is 5.63. The predicted octanol–water partition coefficient (Wildman–Crippen LogP) is 3.22. The van der Waals surface area contributed by atoms with Gasteiger partial charge in [-0.1, -0.05) is 19.0 Å². The Bertz CT molecular complexity index is 444. The van der Waals surface area contributed by atoms with Crippen molar-refractivity contribution in [2.24, 2.45) is 0 Å². The van der Waals surface area contributed by atoms with Gasteiger partial charge in [0.15, 0.2) is 5.82 Å². The molecule has 3 heterocycles. The molecular weight excluding hydrogens is 302 g/mol. The number of likely N-dealkylation sites (tertiary alicyclic amines) is 1. The minimum Gasteiger partial charge on any atom is -0.339 e. The van der Waals surface area contributed by atoms with Gasteiger partial charge >= 0.3 is 0 Å². The van der Waals surface area contributed by atoms with E-state index in [0.717, 1.165) is 24.3 Å². The fourth-order valence-electron chi connectivity index (χ4n) is 3.00. The van der Waals surface area contributed by atoms with E-state index in [-0.39, 0.29) is 0 Å². The maximum atomic E-state index is 5.53. The summed E-state index contributed by atoms with van der Waals surface area (Å²) in [4.78, 5) is 7.28. The Kier molecular flexibility index (Phi) is 5.51. The Morgan fingerprint density at radius 1 is 1.24 bits per heavy atom. The van der Waals surface area contributed by atoms with Crippen LogP contribution in [-0.4, -0.2) is 57.2 Å². The van der Waals surface area contributed by atoms with Gasteiger partial charge in [-0.15, -0.1) is 0 Å². The van der Waals surface area contributed by atoms with Gasteiger partial charge in [0.25, 0.3) is 0 Å². The minimum absolute atomic E-state index is 0.344. The van der Waals surface area contributed by atoms with E-state index >= 15 is 0 Å². The normalized spacial score (nSPS) is 26.1. The zero-order valence-corrected chi connectivity index (χ0v) is 14.6. The number of aromatic nitrogens is 2. The molecule has 0 spiro atoms. The molecule has 0 aliphatic carbocycles. The number of rotatable bonds is 3. The van der Waals surface area contributed by atoms with Crippen LogP contribution in [0.5, 0.6) is 0 Å². The molecule has 3 rings (SSSR count). The lowest BCUT2D eigenvalue weighted by atomic mass is 9.97. The van der Waals surface area contributed by atoms with Crippen molar-refractivity contribution in [1.82, 2.24) is 15.0 Å². The Morgan fingerprint density at radius 3 is 2.67 bits per heavy atom. The summed E-state index contributed by atoms with van der Waals surface area (Å²) in [6.07, 6.45) is 2.43. The maximum Gasteiger partial charge on any atom is 0.231 e. The first-order valence-electron chi connectivity index (χ1n) is 7.97. The van der Waals surface area contributed by atoms with E-state index in [2.05, 4.69) is 52.4 Å². The largest absolute Gasteiger partial charge is 0.339 e. The number of hydrogen-bond donors (Lipinski definition) is 0. The lowest BCUT2D eigenvalue weighted by Gasteiger charge is -2.36. The van der Waals surface area contributed by atoms with Gasteiger partial charge < -0.3 is 4.52 Å². The van der Waals surface area contributed by atoms with Gasteiger partial charge in [0.1, 0.15) is 0 Å². The molecule has 2 fully saturated rings. The standard InChI is InChI=1S/C15H25N3OS2/c1-11(2)14-16-15(19-17-14)12-4-3-5-18(8-12)13-9-20-6-7-21-10-13/h11-13H,3-10H2,1-2H3. The molecule has 0 bridgehead atoms. The minimum atomic E-state index is 0.344. The van der Waals surface area contributed by atoms with Crippen LogP contribution < -0.4 is 0 Å². The zero-order chi connectivity index (χ0) is 14.7. The molecule has 2 aliphatic rings. The highest BCUT2D eigenvalue weighted by molar-refractivity contribution is 8.03. The predicted molar refractivity (Wildman–Crippen MR) is 90.4 cm³/mol. The molecule has 21 heavy (non-hydrogen) atoms. The van der Waals surface area contributed by atoms with Gasteiger partial charge in [-0.05, 0) is 19.4 Å². The van der Waals surface area contributed by atoms with Crippen LogP contribution in [0.3, 0.4) is 0 Å². The van der Waals surface area contributed by atoms with Gasteiger partial charge in [0.2, 0.25) is 5.89 Å². The van der Waals surface area contributed by atoms with E-state index in [4.69, 9.17) is 4.52 Å². The van der Waals surface area contributed by atoms with Crippen LogP contribution in [-0.2, 0) is 0 Å². The highest BCUT2D eigenvalue weighted by Crippen LogP contribution is 2.30. The Balaban J connectivity index is 1.64. The molecule has 0 amide bonds. The summed E-state index contributed by atoms with van der Waals surface area (Å²) in [5.41, 5.74) is 0. The molecule has 0 saturated carbocycles. The summed E-state index contributed by atoms with van der Waals surface area (Å²) < 4.78 is 5.53. The maximum absolute atomic E-state index is 5.53. The van der Waals surface area contributed by atoms with Crippen molar-refractivity contribution in [3.05, 3.63) is 11.7 Å². The molecule has 1 unspecified atom stereocenters. The molecular formula is C15H25N3OS2. The number of nitrogens with zero attached hydrogens (tertiary/aromatic N) is 3. The van der Waals surface area contributed by atoms with Gasteiger partial charge in [0.05, 0.1) is 5.92 Å². The van der Waals surface area contributed by atoms with Crippen LogP contribution >= 0.6 is 23.5 Å². The summed E-state index contributed by atoms with van der Waals surface area (Å²) in [5, 5.41) is 4.13. The van der Waals surface area contributed by atoms with Crippen molar-refractivity contribution in [1.29, 1.82) is 0 Å². The van der Waals surface area contributed by atoms with E-state index in [1.165, 1.54) is 42.4 Å². The van der Waals surface area contributed by atoms with Crippen LogP contribution in [0.2, 0.25) is 0 Å². The molecule has 0 N–H and O–H groups in total. The van der Waals surface area contributed by atoms with Gasteiger partial charge in [-0.25, -0.2) is 0 Å². The lowest BCUT2D eigenvalue weighted by Crippen LogP contribution is -2.44. The number of thioether (sulfide) groups is 2. The van der Waals surface area contributed by atoms with E-state index in [0.29, 0.717) is 11.8 Å². The van der Waals surface area contributed by atoms with E-state index in [9.17, 15) is 0 Å². The molecule has 0 aromatic carbocycles. The van der Waals surface area contributed by atoms with Crippen molar-refractivity contribution in [3.63, 3.8) is 0 Å². The molecule has 6 heteroatoms. The smallest absolute Gasteiger partial charge is 0.231 e. The monoisotopic (exact) mass is 327 g/mol. The van der Waals surface area contributed by atoms with E-state index < -0.39 is 0 Å². The first-order chi connectivity index (χ1) is 10.2. The van der Waals surface area contributed by atoms with Crippen molar-refractivity contribution < 1.29 is 4.52 Å². The number of hydrogen-bond acceptors (Lipinski definition) is 6. The molecule has 0 radical (unpaired) electrons. The molecule has 1 aromatic heterocycles. The van der Waals surface area contributed by atoms with Gasteiger partial charge in [0, 0.05) is 41.5 Å². The van der Waals surface area contributed by atoms with Crippen molar-refractivity contribution in [2.75, 3.05) is 36.1 Å². The Hall–Kier alpha value is -0.200. The average molecular weight is 328 g/mol.